The lowest BCUT2D eigenvalue weighted by Crippen LogP contribution is -2.20. The van der Waals surface area contributed by atoms with Gasteiger partial charge in [-0.15, -0.1) is 0 Å². The van der Waals surface area contributed by atoms with E-state index in [0.717, 1.165) is 12.8 Å². The highest BCUT2D eigenvalue weighted by molar-refractivity contribution is 5.66. The van der Waals surface area contributed by atoms with Gasteiger partial charge in [-0.2, -0.15) is 0 Å². The van der Waals surface area contributed by atoms with E-state index < -0.39 is 5.97 Å². The van der Waals surface area contributed by atoms with Gasteiger partial charge in [0.25, 0.3) is 0 Å². The summed E-state index contributed by atoms with van der Waals surface area (Å²) in [6, 6.07) is 0. The monoisotopic (exact) mass is 386 g/mol. The van der Waals surface area contributed by atoms with E-state index >= 15 is 0 Å². The van der Waals surface area contributed by atoms with E-state index in [1.54, 1.807) is 13.8 Å². The molecule has 0 saturated carbocycles. The minimum Gasteiger partial charge on any atom is -0.481 e. The van der Waals surface area contributed by atoms with Crippen molar-refractivity contribution in [2.45, 2.75) is 111 Å². The maximum Gasteiger partial charge on any atom is 0.303 e. The van der Waals surface area contributed by atoms with Crippen LogP contribution in [0.4, 0.5) is 0 Å². The third-order valence-electron chi connectivity index (χ3n) is 4.51. The number of allylic oxidation sites excluding steroid dienone is 2. The quantitative estimate of drug-likeness (QED) is 0.208. The summed E-state index contributed by atoms with van der Waals surface area (Å²) in [6.07, 6.45) is 21.2. The van der Waals surface area contributed by atoms with Crippen molar-refractivity contribution in [2.75, 3.05) is 13.2 Å². The van der Waals surface area contributed by atoms with Crippen LogP contribution in [0.15, 0.2) is 12.2 Å². The Morgan fingerprint density at radius 3 is 1.52 bits per heavy atom. The summed E-state index contributed by atoms with van der Waals surface area (Å²) >= 11 is 0. The smallest absolute Gasteiger partial charge is 0.303 e. The van der Waals surface area contributed by atoms with Gasteiger partial charge in [-0.1, -0.05) is 84.3 Å². The van der Waals surface area contributed by atoms with Crippen LogP contribution in [0.1, 0.15) is 111 Å². The molecule has 0 aromatic carbocycles. The van der Waals surface area contributed by atoms with Crippen molar-refractivity contribution in [3.63, 3.8) is 0 Å². The lowest BCUT2D eigenvalue weighted by atomic mass is 9.97. The number of aliphatic carboxylic acids is 1. The number of hydrogen-bond donors (Lipinski definition) is 3. The van der Waals surface area contributed by atoms with Crippen molar-refractivity contribution < 1.29 is 20.1 Å². The molecule has 0 unspecified atom stereocenters. The summed E-state index contributed by atoms with van der Waals surface area (Å²) in [5.74, 6) is -0.664. The highest BCUT2D eigenvalue weighted by Crippen LogP contribution is 2.10. The Morgan fingerprint density at radius 2 is 1.15 bits per heavy atom. The minimum atomic E-state index is -0.664. The van der Waals surface area contributed by atoms with E-state index in [1.165, 1.54) is 70.6 Å². The summed E-state index contributed by atoms with van der Waals surface area (Å²) in [7, 11) is 0. The van der Waals surface area contributed by atoms with Crippen molar-refractivity contribution in [3.8, 4) is 0 Å². The summed E-state index contributed by atoms with van der Waals surface area (Å²) in [5, 5.41) is 25.4. The fourth-order valence-electron chi connectivity index (χ4n) is 2.40. The van der Waals surface area contributed by atoms with Crippen LogP contribution < -0.4 is 0 Å². The second-order valence-electron chi connectivity index (χ2n) is 8.21. The lowest BCUT2D eigenvalue weighted by molar-refractivity contribution is -0.137. The molecule has 162 valence electrons. The number of aliphatic hydroxyl groups excluding tert-OH is 2. The first kappa shape index (κ1) is 28.3. The SMILES string of the molecule is CC(C)(CO)CO.CCCCCCCC/C=C\CCCCCCCC(=O)O. The molecule has 4 heteroatoms. The molecular weight excluding hydrogens is 340 g/mol. The van der Waals surface area contributed by atoms with Gasteiger partial charge in [-0.3, -0.25) is 4.79 Å². The highest BCUT2D eigenvalue weighted by Gasteiger charge is 2.13. The van der Waals surface area contributed by atoms with E-state index in [2.05, 4.69) is 19.1 Å². The Labute approximate surface area is 168 Å². The van der Waals surface area contributed by atoms with Crippen molar-refractivity contribution in [3.05, 3.63) is 12.2 Å². The average Bonchev–Trinajstić information content (AvgIpc) is 2.65. The van der Waals surface area contributed by atoms with Crippen LogP contribution in [0.3, 0.4) is 0 Å². The number of unbranched alkanes of at least 4 members (excludes halogenated alkanes) is 11. The maximum absolute atomic E-state index is 10.3. The van der Waals surface area contributed by atoms with Crippen LogP contribution in [0.2, 0.25) is 0 Å². The summed E-state index contributed by atoms with van der Waals surface area (Å²) in [6.45, 7) is 5.95. The van der Waals surface area contributed by atoms with E-state index in [1.807, 2.05) is 0 Å². The predicted octanol–water partition coefficient (Wildman–Crippen LogP) is 6.11. The molecule has 3 N–H and O–H groups in total. The number of rotatable bonds is 17. The minimum absolute atomic E-state index is 0.0451. The van der Waals surface area contributed by atoms with Crippen LogP contribution >= 0.6 is 0 Å². The zero-order chi connectivity index (χ0) is 20.8. The van der Waals surface area contributed by atoms with Gasteiger partial charge in [-0.05, 0) is 32.1 Å². The number of carboxylic acids is 1. The van der Waals surface area contributed by atoms with E-state index in [9.17, 15) is 4.79 Å². The third-order valence-corrected chi connectivity index (χ3v) is 4.51. The third kappa shape index (κ3) is 27.5. The molecule has 0 rings (SSSR count). The van der Waals surface area contributed by atoms with Gasteiger partial charge in [0.2, 0.25) is 0 Å². The normalized spacial score (nSPS) is 11.4. The second-order valence-corrected chi connectivity index (χ2v) is 8.21. The summed E-state index contributed by atoms with van der Waals surface area (Å²) < 4.78 is 0. The van der Waals surface area contributed by atoms with Crippen LogP contribution in [0.5, 0.6) is 0 Å². The molecule has 0 amide bonds. The molecule has 0 atom stereocenters. The van der Waals surface area contributed by atoms with E-state index in [0.29, 0.717) is 6.42 Å². The Balaban J connectivity index is 0. The number of carbonyl (C=O) groups is 1. The molecule has 0 bridgehead atoms. The summed E-state index contributed by atoms with van der Waals surface area (Å²) in [4.78, 5) is 10.3. The predicted molar refractivity (Wildman–Crippen MR) is 115 cm³/mol. The molecule has 0 spiro atoms. The number of hydrogen-bond acceptors (Lipinski definition) is 3. The molecule has 0 aliphatic rings. The van der Waals surface area contributed by atoms with Gasteiger partial charge in [0.15, 0.2) is 0 Å². The first-order chi connectivity index (χ1) is 12.9. The molecule has 0 aromatic rings. The van der Waals surface area contributed by atoms with Crippen LogP contribution in [-0.2, 0) is 4.79 Å². The molecule has 0 saturated heterocycles. The standard InChI is InChI=1S/C18H34O2.C5H12O2/c1-2-3-4-5-6-7-8-9-10-11-12-13-14-15-16-17-18(19)20;1-5(2,3-6)4-7/h9-10H,2-8,11-17H2,1H3,(H,19,20);6-7H,3-4H2,1-2H3/b10-9-;. The molecule has 4 nitrogen and oxygen atoms in total. The van der Waals surface area contributed by atoms with Crippen molar-refractivity contribution in [1.29, 1.82) is 0 Å². The van der Waals surface area contributed by atoms with Crippen LogP contribution in [0.25, 0.3) is 0 Å². The molecule has 0 aromatic heterocycles. The molecule has 0 aliphatic carbocycles. The molecule has 0 heterocycles. The second kappa shape index (κ2) is 21.4. The van der Waals surface area contributed by atoms with Crippen molar-refractivity contribution >= 4 is 5.97 Å². The first-order valence-electron chi connectivity index (χ1n) is 11.0. The Kier molecular flexibility index (Phi) is 22.5. The fraction of sp³-hybridized carbons (Fsp3) is 0.870. The maximum atomic E-state index is 10.3. The van der Waals surface area contributed by atoms with Gasteiger partial charge in [0.1, 0.15) is 0 Å². The topological polar surface area (TPSA) is 77.8 Å². The number of aliphatic hydroxyl groups is 2. The fourth-order valence-corrected chi connectivity index (χ4v) is 2.40. The first-order valence-corrected chi connectivity index (χ1v) is 11.0. The Bertz CT molecular complexity index is 331. The molecule has 0 aliphatic heterocycles. The van der Waals surface area contributed by atoms with Crippen LogP contribution in [0, 0.1) is 5.41 Å². The molecule has 0 fully saturated rings. The zero-order valence-corrected chi connectivity index (χ0v) is 18.2. The average molecular weight is 387 g/mol. The van der Waals surface area contributed by atoms with Gasteiger partial charge in [-0.25, -0.2) is 0 Å². The van der Waals surface area contributed by atoms with Crippen molar-refractivity contribution in [1.82, 2.24) is 0 Å². The van der Waals surface area contributed by atoms with Crippen molar-refractivity contribution in [2.24, 2.45) is 5.41 Å². The number of carboxylic acid groups (broad SMARTS) is 1. The molecule has 27 heavy (non-hydrogen) atoms. The van der Waals surface area contributed by atoms with Gasteiger partial charge in [0, 0.05) is 11.8 Å². The molecule has 0 radical (unpaired) electrons. The Hall–Kier alpha value is -0.870. The largest absolute Gasteiger partial charge is 0.481 e. The van der Waals surface area contributed by atoms with Gasteiger partial charge >= 0.3 is 5.97 Å². The van der Waals surface area contributed by atoms with E-state index in [-0.39, 0.29) is 18.6 Å². The lowest BCUT2D eigenvalue weighted by Gasteiger charge is -2.16. The highest BCUT2D eigenvalue weighted by atomic mass is 16.4. The molecular formula is C23H46O4. The zero-order valence-electron chi connectivity index (χ0n) is 18.2. The summed E-state index contributed by atoms with van der Waals surface area (Å²) in [5.41, 5.74) is -0.306. The van der Waals surface area contributed by atoms with E-state index in [4.69, 9.17) is 15.3 Å². The van der Waals surface area contributed by atoms with Gasteiger partial charge in [0.05, 0.1) is 13.2 Å². The Morgan fingerprint density at radius 1 is 0.741 bits per heavy atom. The van der Waals surface area contributed by atoms with Crippen LogP contribution in [-0.4, -0.2) is 34.5 Å². The van der Waals surface area contributed by atoms with Gasteiger partial charge < -0.3 is 15.3 Å².